The molecule has 4 aromatic rings. The summed E-state index contributed by atoms with van der Waals surface area (Å²) < 4.78 is 32.8. The van der Waals surface area contributed by atoms with E-state index in [0.29, 0.717) is 19.8 Å². The molecule has 0 bridgehead atoms. The Balaban J connectivity index is 1.49. The molecule has 5 rings (SSSR count). The van der Waals surface area contributed by atoms with Crippen LogP contribution < -0.4 is 0 Å². The minimum Gasteiger partial charge on any atom is -0.374 e. The van der Waals surface area contributed by atoms with E-state index in [4.69, 9.17) is 23.7 Å². The molecule has 5 atom stereocenters. The lowest BCUT2D eigenvalue weighted by atomic mass is 9.92. The lowest BCUT2D eigenvalue weighted by Gasteiger charge is -2.45. The molecule has 7 heteroatoms. The zero-order chi connectivity index (χ0) is 32.9. The highest BCUT2D eigenvalue weighted by Gasteiger charge is 2.50. The van der Waals surface area contributed by atoms with Crippen LogP contribution in [0.15, 0.2) is 121 Å². The van der Waals surface area contributed by atoms with Gasteiger partial charge in [-0.1, -0.05) is 141 Å². The maximum atomic E-state index is 13.9. The topological polar surface area (TPSA) is 63.2 Å². The van der Waals surface area contributed by atoms with Gasteiger partial charge < -0.3 is 23.7 Å². The standard InChI is InChI=1S/C40H44O6Si/c1-47(2,3)25-24-35(41)37-39(44-28-33-20-12-6-13-21-33)40(45-29-34-22-14-7-15-23-34)38(43-27-32-18-10-5-11-19-32)36(46-37)30-42-26-31-16-8-4-9-17-31/h4-23,36-40H,26-30H2,1-3H3/t36-,37+,38+,39+,40+/m1/s1. The van der Waals surface area contributed by atoms with Gasteiger partial charge in [0.25, 0.3) is 0 Å². The fourth-order valence-corrected chi connectivity index (χ4v) is 5.82. The van der Waals surface area contributed by atoms with Crippen LogP contribution in [0.25, 0.3) is 0 Å². The number of rotatable bonds is 14. The highest BCUT2D eigenvalue weighted by atomic mass is 28.3. The maximum Gasteiger partial charge on any atom is 0.236 e. The van der Waals surface area contributed by atoms with E-state index in [9.17, 15) is 4.79 Å². The van der Waals surface area contributed by atoms with Gasteiger partial charge in [0.2, 0.25) is 5.78 Å². The molecule has 244 valence electrons. The van der Waals surface area contributed by atoms with E-state index in [-0.39, 0.29) is 19.0 Å². The van der Waals surface area contributed by atoms with Crippen LogP contribution in [-0.4, -0.2) is 51.0 Å². The third-order valence-corrected chi connectivity index (χ3v) is 8.58. The third-order valence-electron chi connectivity index (χ3n) is 7.70. The van der Waals surface area contributed by atoms with E-state index in [0.717, 1.165) is 22.3 Å². The van der Waals surface area contributed by atoms with Gasteiger partial charge in [0, 0.05) is 0 Å². The van der Waals surface area contributed by atoms with E-state index in [2.05, 4.69) is 31.1 Å². The predicted molar refractivity (Wildman–Crippen MR) is 186 cm³/mol. The summed E-state index contributed by atoms with van der Waals surface area (Å²) in [4.78, 5) is 13.9. The summed E-state index contributed by atoms with van der Waals surface area (Å²) in [6.45, 7) is 7.81. The van der Waals surface area contributed by atoms with Crippen LogP contribution in [0.3, 0.4) is 0 Å². The first-order valence-corrected chi connectivity index (χ1v) is 19.7. The molecular weight excluding hydrogens is 605 g/mol. The van der Waals surface area contributed by atoms with Crippen LogP contribution in [0.4, 0.5) is 0 Å². The van der Waals surface area contributed by atoms with Crippen molar-refractivity contribution in [3.63, 3.8) is 0 Å². The van der Waals surface area contributed by atoms with E-state index < -0.39 is 38.6 Å². The van der Waals surface area contributed by atoms with Gasteiger partial charge in [0.05, 0.1) is 33.0 Å². The van der Waals surface area contributed by atoms with Crippen molar-refractivity contribution in [3.8, 4) is 11.5 Å². The monoisotopic (exact) mass is 648 g/mol. The summed E-state index contributed by atoms with van der Waals surface area (Å²) in [5, 5.41) is 0. The second kappa shape index (κ2) is 17.3. The van der Waals surface area contributed by atoms with Gasteiger partial charge in [0.1, 0.15) is 32.5 Å². The van der Waals surface area contributed by atoms with Gasteiger partial charge >= 0.3 is 0 Å². The molecule has 0 unspecified atom stereocenters. The average molecular weight is 649 g/mol. The summed E-state index contributed by atoms with van der Waals surface area (Å²) in [5.74, 6) is 2.60. The number of Topliss-reactive ketones (excluding diaryl/α,β-unsaturated/α-hetero) is 1. The number of hydrogen-bond donors (Lipinski definition) is 0. The smallest absolute Gasteiger partial charge is 0.236 e. The van der Waals surface area contributed by atoms with Gasteiger partial charge in [-0.2, -0.15) is 0 Å². The Morgan fingerprint density at radius 1 is 0.596 bits per heavy atom. The Kier molecular flexibility index (Phi) is 12.7. The molecular formula is C40H44O6Si. The summed E-state index contributed by atoms with van der Waals surface area (Å²) >= 11 is 0. The normalized spacial score (nSPS) is 21.0. The molecule has 1 heterocycles. The highest BCUT2D eigenvalue weighted by Crippen LogP contribution is 2.31. The van der Waals surface area contributed by atoms with Crippen LogP contribution in [0.1, 0.15) is 22.3 Å². The molecule has 6 nitrogen and oxygen atoms in total. The van der Waals surface area contributed by atoms with Crippen molar-refractivity contribution >= 4 is 13.9 Å². The van der Waals surface area contributed by atoms with Crippen LogP contribution in [0, 0.1) is 11.5 Å². The lowest BCUT2D eigenvalue weighted by molar-refractivity contribution is -0.266. The van der Waals surface area contributed by atoms with Crippen LogP contribution in [-0.2, 0) is 54.9 Å². The molecule has 0 aliphatic carbocycles. The van der Waals surface area contributed by atoms with Gasteiger partial charge in [-0.05, 0) is 28.2 Å². The quantitative estimate of drug-likeness (QED) is 0.107. The van der Waals surface area contributed by atoms with E-state index in [1.807, 2.05) is 121 Å². The Labute approximate surface area is 280 Å². The molecule has 1 aliphatic heterocycles. The number of benzene rings is 4. The number of ketones is 1. The predicted octanol–water partition coefficient (Wildman–Crippen LogP) is 7.18. The molecule has 4 aromatic carbocycles. The SMILES string of the molecule is C[Si](C)(C)C#CC(=O)[C@@H]1O[C@H](COCc2ccccc2)[C@H](OCc2ccccc2)[C@H](OCc2ccccc2)[C@H]1OCc1ccccc1. The molecule has 1 aliphatic rings. The average Bonchev–Trinajstić information content (AvgIpc) is 3.09. The van der Waals surface area contributed by atoms with Crippen molar-refractivity contribution in [1.82, 2.24) is 0 Å². The minimum atomic E-state index is -1.85. The number of hydrogen-bond acceptors (Lipinski definition) is 6. The molecule has 0 amide bonds. The van der Waals surface area contributed by atoms with Crippen molar-refractivity contribution in [2.75, 3.05) is 6.61 Å². The zero-order valence-electron chi connectivity index (χ0n) is 27.4. The van der Waals surface area contributed by atoms with Crippen molar-refractivity contribution in [2.45, 2.75) is 76.6 Å². The van der Waals surface area contributed by atoms with Crippen LogP contribution >= 0.6 is 0 Å². The summed E-state index contributed by atoms with van der Waals surface area (Å²) in [5.41, 5.74) is 7.25. The Morgan fingerprint density at radius 2 is 1.00 bits per heavy atom. The Hall–Kier alpha value is -3.87. The van der Waals surface area contributed by atoms with E-state index in [1.54, 1.807) is 0 Å². The van der Waals surface area contributed by atoms with Gasteiger partial charge in [-0.3, -0.25) is 4.79 Å². The minimum absolute atomic E-state index is 0.191. The van der Waals surface area contributed by atoms with Gasteiger partial charge in [-0.25, -0.2) is 0 Å². The van der Waals surface area contributed by atoms with Gasteiger partial charge in [-0.15, -0.1) is 5.54 Å². The number of carbonyl (C=O) groups excluding carboxylic acids is 1. The Bertz CT molecular complexity index is 1560. The van der Waals surface area contributed by atoms with E-state index >= 15 is 0 Å². The van der Waals surface area contributed by atoms with Crippen molar-refractivity contribution < 1.29 is 28.5 Å². The summed E-state index contributed by atoms with van der Waals surface area (Å²) in [7, 11) is -1.85. The van der Waals surface area contributed by atoms with Crippen LogP contribution in [0.5, 0.6) is 0 Å². The van der Waals surface area contributed by atoms with Crippen LogP contribution in [0.2, 0.25) is 19.6 Å². The maximum absolute atomic E-state index is 13.9. The van der Waals surface area contributed by atoms with E-state index in [1.165, 1.54) is 0 Å². The molecule has 0 aromatic heterocycles. The van der Waals surface area contributed by atoms with Crippen molar-refractivity contribution in [2.24, 2.45) is 0 Å². The lowest BCUT2D eigenvalue weighted by Crippen LogP contribution is -2.63. The number of ether oxygens (including phenoxy) is 5. The van der Waals surface area contributed by atoms with Gasteiger partial charge in [0.15, 0.2) is 6.10 Å². The summed E-state index contributed by atoms with van der Waals surface area (Å²) in [6.07, 6.45) is -3.67. The second-order valence-electron chi connectivity index (χ2n) is 12.7. The molecule has 1 saturated heterocycles. The first-order valence-electron chi connectivity index (χ1n) is 16.2. The number of carbonyl (C=O) groups is 1. The zero-order valence-corrected chi connectivity index (χ0v) is 28.4. The Morgan fingerprint density at radius 3 is 1.45 bits per heavy atom. The molecule has 0 saturated carbocycles. The second-order valence-corrected chi connectivity index (χ2v) is 17.5. The molecule has 0 radical (unpaired) electrons. The highest BCUT2D eigenvalue weighted by molar-refractivity contribution is 6.84. The summed E-state index contributed by atoms with van der Waals surface area (Å²) in [6, 6.07) is 39.8. The third kappa shape index (κ3) is 10.8. The molecule has 47 heavy (non-hydrogen) atoms. The fourth-order valence-electron chi connectivity index (χ4n) is 5.32. The fraction of sp³-hybridized carbons (Fsp3) is 0.325. The van der Waals surface area contributed by atoms with Crippen molar-refractivity contribution in [1.29, 1.82) is 0 Å². The molecule has 1 fully saturated rings. The first kappa shape index (κ1) is 34.5. The first-order chi connectivity index (χ1) is 22.9. The molecule has 0 N–H and O–H groups in total. The molecule has 0 spiro atoms. The van der Waals surface area contributed by atoms with Crippen molar-refractivity contribution in [3.05, 3.63) is 144 Å². The largest absolute Gasteiger partial charge is 0.374 e.